The fourth-order valence-electron chi connectivity index (χ4n) is 7.88. The second-order valence-electron chi connectivity index (χ2n) is 13.0. The van der Waals surface area contributed by atoms with E-state index in [0.29, 0.717) is 77.2 Å². The lowest BCUT2D eigenvalue weighted by atomic mass is 9.95. The number of benzene rings is 1. The van der Waals surface area contributed by atoms with Gasteiger partial charge in [0.15, 0.2) is 10.9 Å². The van der Waals surface area contributed by atoms with Crippen molar-refractivity contribution in [3.8, 4) is 6.01 Å². The zero-order valence-electron chi connectivity index (χ0n) is 24.6. The third kappa shape index (κ3) is 4.60. The van der Waals surface area contributed by atoms with Gasteiger partial charge in [-0.3, -0.25) is 4.90 Å². The van der Waals surface area contributed by atoms with Crippen LogP contribution >= 0.6 is 11.3 Å². The lowest BCUT2D eigenvalue weighted by Gasteiger charge is -2.47. The maximum absolute atomic E-state index is 14.8. The number of aromatic nitrogens is 3. The van der Waals surface area contributed by atoms with Crippen molar-refractivity contribution in [3.63, 3.8) is 0 Å². The summed E-state index contributed by atoms with van der Waals surface area (Å²) in [6, 6.07) is 3.33. The van der Waals surface area contributed by atoms with Gasteiger partial charge >= 0.3 is 6.01 Å². The van der Waals surface area contributed by atoms with Crippen LogP contribution in [-0.2, 0) is 16.1 Å². The van der Waals surface area contributed by atoms with E-state index in [4.69, 9.17) is 25.2 Å². The molecule has 15 heteroatoms. The zero-order valence-corrected chi connectivity index (χ0v) is 26.2. The van der Waals surface area contributed by atoms with Crippen LogP contribution in [0, 0.1) is 5.82 Å². The van der Waals surface area contributed by atoms with E-state index in [9.17, 15) is 13.3 Å². The van der Waals surface area contributed by atoms with Crippen LogP contribution in [0.2, 0.25) is 0 Å². The molecule has 5 aliphatic heterocycles. The zero-order chi connectivity index (χ0) is 30.4. The molecule has 2 bridgehead atoms. The first kappa shape index (κ1) is 28.4. The van der Waals surface area contributed by atoms with Crippen LogP contribution in [0.4, 0.5) is 19.7 Å². The largest absolute Gasteiger partial charge is 0.588 e. The number of thiazole rings is 1. The number of alkyl halides is 1. The molecular weight excluding hydrogens is 623 g/mol. The Kier molecular flexibility index (Phi) is 6.69. The molecule has 6 aliphatic rings. The van der Waals surface area contributed by atoms with Crippen LogP contribution < -0.4 is 20.7 Å². The first-order valence-electron chi connectivity index (χ1n) is 15.7. The second-order valence-corrected chi connectivity index (χ2v) is 15.3. The van der Waals surface area contributed by atoms with Crippen LogP contribution in [0.3, 0.4) is 0 Å². The minimum absolute atomic E-state index is 0.00171. The molecule has 11 nitrogen and oxygen atoms in total. The molecule has 3 aromatic rings. The van der Waals surface area contributed by atoms with Gasteiger partial charge in [0, 0.05) is 31.6 Å². The van der Waals surface area contributed by atoms with Crippen molar-refractivity contribution in [2.75, 3.05) is 56.6 Å². The number of morpholine rings is 1. The number of piperazine rings is 1. The van der Waals surface area contributed by atoms with Crippen LogP contribution in [0.25, 0.3) is 22.0 Å². The number of hydrogen-bond acceptors (Lipinski definition) is 12. The molecule has 0 amide bonds. The van der Waals surface area contributed by atoms with Crippen molar-refractivity contribution >= 4 is 55.6 Å². The molecule has 238 valence electrons. The number of nitrogens with one attached hydrogen (secondary N) is 1. The Labute approximate surface area is 266 Å². The molecular formula is C30H34F2N8O3S2. The number of anilines is 2. The van der Waals surface area contributed by atoms with E-state index in [1.165, 1.54) is 6.07 Å². The number of halogens is 2. The van der Waals surface area contributed by atoms with Crippen molar-refractivity contribution in [3.05, 3.63) is 29.2 Å². The number of nitrogens with zero attached hydrogens (tertiary/aromatic N) is 6. The van der Waals surface area contributed by atoms with Crippen molar-refractivity contribution < 1.29 is 22.8 Å². The summed E-state index contributed by atoms with van der Waals surface area (Å²) in [5.41, 5.74) is 7.91. The quantitative estimate of drug-likeness (QED) is 0.380. The fourth-order valence-corrected chi connectivity index (χ4v) is 10.2. The molecule has 5 atom stereocenters. The average molecular weight is 657 g/mol. The highest BCUT2D eigenvalue weighted by Gasteiger charge is 2.51. The smallest absolute Gasteiger partial charge is 0.319 e. The highest BCUT2D eigenvalue weighted by Crippen LogP contribution is 2.48. The average Bonchev–Trinajstić information content (AvgIpc) is 3.53. The Hall–Kier alpha value is -2.82. The third-order valence-electron chi connectivity index (χ3n) is 10.0. The van der Waals surface area contributed by atoms with Gasteiger partial charge in [-0.2, -0.15) is 14.3 Å². The highest BCUT2D eigenvalue weighted by atomic mass is 32.2. The molecule has 4 saturated heterocycles. The van der Waals surface area contributed by atoms with Gasteiger partial charge in [0.25, 0.3) is 0 Å². The molecule has 9 rings (SSSR count). The van der Waals surface area contributed by atoms with Gasteiger partial charge in [0.2, 0.25) is 4.90 Å². The van der Waals surface area contributed by atoms with E-state index in [1.54, 1.807) is 6.07 Å². The molecule has 5 fully saturated rings. The van der Waals surface area contributed by atoms with E-state index in [0.717, 1.165) is 43.6 Å². The summed E-state index contributed by atoms with van der Waals surface area (Å²) in [6.07, 6.45) is 5.13. The molecule has 0 spiro atoms. The summed E-state index contributed by atoms with van der Waals surface area (Å²) in [4.78, 5) is 19.3. The molecule has 3 N–H and O–H groups in total. The highest BCUT2D eigenvalue weighted by molar-refractivity contribution is 7.89. The molecule has 45 heavy (non-hydrogen) atoms. The number of nitrogen functional groups attached to an aromatic ring is 1. The van der Waals surface area contributed by atoms with E-state index in [-0.39, 0.29) is 41.4 Å². The molecule has 2 aromatic heterocycles. The Balaban J connectivity index is 1.19. The van der Waals surface area contributed by atoms with Gasteiger partial charge in [0.1, 0.15) is 35.7 Å². The van der Waals surface area contributed by atoms with Crippen LogP contribution in [0.15, 0.2) is 17.0 Å². The summed E-state index contributed by atoms with van der Waals surface area (Å²) in [5.74, 6) is 0.196. The normalized spacial score (nSPS) is 31.3. The van der Waals surface area contributed by atoms with E-state index in [2.05, 4.69) is 20.1 Å². The topological polar surface area (TPSA) is 128 Å². The summed E-state index contributed by atoms with van der Waals surface area (Å²) in [7, 11) is 0. The minimum Gasteiger partial charge on any atom is -0.588 e. The van der Waals surface area contributed by atoms with Gasteiger partial charge < -0.3 is 30.0 Å². The fraction of sp³-hybridized carbons (Fsp3) is 0.567. The second kappa shape index (κ2) is 10.6. The summed E-state index contributed by atoms with van der Waals surface area (Å²) in [6.45, 7) is 4.04. The van der Waals surface area contributed by atoms with Crippen LogP contribution in [0.5, 0.6) is 6.01 Å². The Bertz CT molecular complexity index is 1690. The first-order chi connectivity index (χ1) is 21.9. The molecule has 3 unspecified atom stereocenters. The van der Waals surface area contributed by atoms with Gasteiger partial charge in [-0.05, 0) is 50.4 Å². The molecule has 1 saturated carbocycles. The van der Waals surface area contributed by atoms with E-state index in [1.807, 2.05) is 10.4 Å². The monoisotopic (exact) mass is 656 g/mol. The van der Waals surface area contributed by atoms with Crippen molar-refractivity contribution in [1.82, 2.24) is 29.5 Å². The molecule has 1 aromatic carbocycles. The predicted octanol–water partition coefficient (Wildman–Crippen LogP) is 2.94. The number of rotatable bonds is 6. The van der Waals surface area contributed by atoms with Crippen molar-refractivity contribution in [2.45, 2.75) is 66.8 Å². The molecule has 7 heterocycles. The van der Waals surface area contributed by atoms with Crippen LogP contribution in [-0.4, -0.2) is 105 Å². The number of fused-ring (bicyclic) bond motifs is 5. The van der Waals surface area contributed by atoms with Crippen molar-refractivity contribution in [2.24, 2.45) is 0 Å². The summed E-state index contributed by atoms with van der Waals surface area (Å²) in [5, 5.41) is 3.76. The SMILES string of the molecule is Nc1nc2c(C3=Cc4nc(OC[C@@]56CCCN5C[C@H](F)C6)nc(N5C6CNCC5COC6)c4[S+]([O-])N3C3CC3)ccc(F)c2s1. The van der Waals surface area contributed by atoms with E-state index >= 15 is 0 Å². The number of hydrogen-bond donors (Lipinski definition) is 2. The number of nitrogens with two attached hydrogens (primary N) is 1. The van der Waals surface area contributed by atoms with Gasteiger partial charge in [-0.25, -0.2) is 13.8 Å². The first-order valence-corrected chi connectivity index (χ1v) is 17.6. The maximum atomic E-state index is 14.8. The third-order valence-corrected chi connectivity index (χ3v) is 12.5. The Morgan fingerprint density at radius 3 is 2.80 bits per heavy atom. The number of ether oxygens (including phenoxy) is 2. The minimum atomic E-state index is -1.66. The van der Waals surface area contributed by atoms with Gasteiger partial charge in [-0.15, -0.1) is 0 Å². The van der Waals surface area contributed by atoms with Crippen molar-refractivity contribution in [1.29, 1.82) is 0 Å². The molecule has 0 radical (unpaired) electrons. The maximum Gasteiger partial charge on any atom is 0.319 e. The lowest BCUT2D eigenvalue weighted by Crippen LogP contribution is -2.64. The Morgan fingerprint density at radius 2 is 2.00 bits per heavy atom. The molecule has 1 aliphatic carbocycles. The van der Waals surface area contributed by atoms with Gasteiger partial charge in [-0.1, -0.05) is 11.3 Å². The predicted molar refractivity (Wildman–Crippen MR) is 167 cm³/mol. The van der Waals surface area contributed by atoms with E-state index < -0.39 is 23.4 Å². The Morgan fingerprint density at radius 1 is 1.18 bits per heavy atom. The lowest BCUT2D eigenvalue weighted by molar-refractivity contribution is 0.0516. The van der Waals surface area contributed by atoms with Crippen LogP contribution in [0.1, 0.15) is 43.4 Å². The summed E-state index contributed by atoms with van der Waals surface area (Å²) >= 11 is -0.567. The standard InChI is InChI=1S/C30H34F2N8O3S2/c31-16-9-30(6-1-7-38(30)12-16)15-43-29-35-22-8-23(20-4-5-21(32)25-24(20)36-28(33)44-25)40(17-2-3-17)45(41)26(22)27(37-29)39-18-10-34-11-19(39)14-42-13-18/h4-5,8,16-19,34H,1-3,6-7,9-15H2,(H2,33,36)/t16-,18?,19?,30+,45?/m1/s1. The van der Waals surface area contributed by atoms with Gasteiger partial charge in [0.05, 0.1) is 52.8 Å². The summed E-state index contributed by atoms with van der Waals surface area (Å²) < 4.78 is 58.7.